The molecule has 0 bridgehead atoms. The maximum atomic E-state index is 9.95. The molecule has 3 nitrogen and oxygen atoms in total. The molecule has 1 aromatic carbocycles. The van der Waals surface area contributed by atoms with Crippen LogP contribution in [0.4, 0.5) is 0 Å². The van der Waals surface area contributed by atoms with Gasteiger partial charge in [-0.3, -0.25) is 4.90 Å². The van der Waals surface area contributed by atoms with Crippen LogP contribution in [0.3, 0.4) is 0 Å². The Morgan fingerprint density at radius 3 is 2.76 bits per heavy atom. The molecule has 2 aliphatic rings. The lowest BCUT2D eigenvalue weighted by molar-refractivity contribution is 0.0182. The summed E-state index contributed by atoms with van der Waals surface area (Å²) in [6.07, 6.45) is 2.16. The summed E-state index contributed by atoms with van der Waals surface area (Å²) in [5.74, 6) is 0. The Bertz CT molecular complexity index is 401. The number of nitrogens with one attached hydrogen (secondary N) is 1. The van der Waals surface area contributed by atoms with Crippen LogP contribution in [-0.2, 0) is 12.0 Å². The van der Waals surface area contributed by atoms with Crippen LogP contribution in [-0.4, -0.2) is 42.8 Å². The number of hydrogen-bond acceptors (Lipinski definition) is 3. The van der Waals surface area contributed by atoms with E-state index < -0.39 is 0 Å². The summed E-state index contributed by atoms with van der Waals surface area (Å²) in [6.45, 7) is 4.38. The summed E-state index contributed by atoms with van der Waals surface area (Å²) in [5.41, 5.74) is 2.66. The van der Waals surface area contributed by atoms with Crippen molar-refractivity contribution in [2.24, 2.45) is 0 Å². The highest BCUT2D eigenvalue weighted by atomic mass is 16.3. The Labute approximate surface area is 102 Å². The molecule has 1 saturated heterocycles. The van der Waals surface area contributed by atoms with E-state index in [1.54, 1.807) is 0 Å². The molecule has 1 aliphatic carbocycles. The highest BCUT2D eigenvalue weighted by molar-refractivity contribution is 5.39. The molecule has 1 fully saturated rings. The number of aryl methyl sites for hydroxylation is 1. The standard InChI is InChI=1S/C14H20N2O/c17-11-14(16-9-7-15-8-10-16)6-5-12-3-1-2-4-13(12)14/h1-4,15,17H,5-11H2. The molecule has 1 atom stereocenters. The molecule has 2 N–H and O–H groups in total. The van der Waals surface area contributed by atoms with E-state index >= 15 is 0 Å². The van der Waals surface area contributed by atoms with Crippen molar-refractivity contribution < 1.29 is 5.11 Å². The molecule has 0 amide bonds. The second-order valence-electron chi connectivity index (χ2n) is 5.08. The normalized spacial score (nSPS) is 29.2. The number of piperazine rings is 1. The molecule has 3 rings (SSSR count). The van der Waals surface area contributed by atoms with Gasteiger partial charge < -0.3 is 10.4 Å². The van der Waals surface area contributed by atoms with E-state index in [-0.39, 0.29) is 12.1 Å². The highest BCUT2D eigenvalue weighted by Gasteiger charge is 2.43. The Morgan fingerprint density at radius 1 is 1.24 bits per heavy atom. The van der Waals surface area contributed by atoms with Gasteiger partial charge in [0.15, 0.2) is 0 Å². The van der Waals surface area contributed by atoms with E-state index in [0.717, 1.165) is 39.0 Å². The van der Waals surface area contributed by atoms with Crippen molar-refractivity contribution in [2.75, 3.05) is 32.8 Å². The number of nitrogens with zero attached hydrogens (tertiary/aromatic N) is 1. The molecule has 17 heavy (non-hydrogen) atoms. The summed E-state index contributed by atoms with van der Waals surface area (Å²) in [5, 5.41) is 13.3. The van der Waals surface area contributed by atoms with Crippen LogP contribution in [0.15, 0.2) is 24.3 Å². The summed E-state index contributed by atoms with van der Waals surface area (Å²) in [6, 6.07) is 8.59. The first kappa shape index (κ1) is 11.2. The molecule has 3 heteroatoms. The molecular weight excluding hydrogens is 212 g/mol. The van der Waals surface area contributed by atoms with Gasteiger partial charge >= 0.3 is 0 Å². The van der Waals surface area contributed by atoms with E-state index in [4.69, 9.17) is 0 Å². The molecule has 1 aromatic rings. The third kappa shape index (κ3) is 1.69. The van der Waals surface area contributed by atoms with Crippen LogP contribution in [0, 0.1) is 0 Å². The van der Waals surface area contributed by atoms with Crippen LogP contribution in [0.25, 0.3) is 0 Å². The minimum absolute atomic E-state index is 0.112. The van der Waals surface area contributed by atoms with E-state index in [9.17, 15) is 5.11 Å². The predicted molar refractivity (Wildman–Crippen MR) is 68.0 cm³/mol. The van der Waals surface area contributed by atoms with Crippen LogP contribution < -0.4 is 5.32 Å². The largest absolute Gasteiger partial charge is 0.394 e. The van der Waals surface area contributed by atoms with Gasteiger partial charge in [0.25, 0.3) is 0 Å². The third-order valence-electron chi connectivity index (χ3n) is 4.31. The van der Waals surface area contributed by atoms with E-state index in [1.807, 2.05) is 0 Å². The molecule has 1 heterocycles. The van der Waals surface area contributed by atoms with Gasteiger partial charge in [0.05, 0.1) is 12.1 Å². The first-order valence-corrected chi connectivity index (χ1v) is 6.52. The first-order valence-electron chi connectivity index (χ1n) is 6.52. The van der Waals surface area contributed by atoms with Crippen molar-refractivity contribution in [1.29, 1.82) is 0 Å². The lowest BCUT2D eigenvalue weighted by atomic mass is 9.90. The van der Waals surface area contributed by atoms with E-state index in [1.165, 1.54) is 11.1 Å². The monoisotopic (exact) mass is 232 g/mol. The van der Waals surface area contributed by atoms with Gasteiger partial charge in [0.1, 0.15) is 0 Å². The van der Waals surface area contributed by atoms with Crippen molar-refractivity contribution >= 4 is 0 Å². The smallest absolute Gasteiger partial charge is 0.0700 e. The van der Waals surface area contributed by atoms with Crippen molar-refractivity contribution in [3.8, 4) is 0 Å². The SMILES string of the molecule is OCC1(N2CCNCC2)CCc2ccccc21. The fraction of sp³-hybridized carbons (Fsp3) is 0.571. The third-order valence-corrected chi connectivity index (χ3v) is 4.31. The van der Waals surface area contributed by atoms with E-state index in [2.05, 4.69) is 34.5 Å². The Kier molecular flexibility index (Phi) is 2.90. The van der Waals surface area contributed by atoms with Crippen LogP contribution in [0.1, 0.15) is 17.5 Å². The van der Waals surface area contributed by atoms with Gasteiger partial charge in [-0.1, -0.05) is 24.3 Å². The zero-order chi connectivity index (χ0) is 11.7. The summed E-state index contributed by atoms with van der Waals surface area (Å²) >= 11 is 0. The number of aliphatic hydroxyl groups is 1. The number of aliphatic hydroxyl groups excluding tert-OH is 1. The number of fused-ring (bicyclic) bond motifs is 1. The Balaban J connectivity index is 1.98. The number of hydrogen-bond donors (Lipinski definition) is 2. The van der Waals surface area contributed by atoms with Crippen molar-refractivity contribution in [3.05, 3.63) is 35.4 Å². The van der Waals surface area contributed by atoms with Gasteiger partial charge in [-0.05, 0) is 24.0 Å². The molecule has 1 unspecified atom stereocenters. The molecule has 0 saturated carbocycles. The Hall–Kier alpha value is -0.900. The van der Waals surface area contributed by atoms with Crippen molar-refractivity contribution in [3.63, 3.8) is 0 Å². The van der Waals surface area contributed by atoms with Gasteiger partial charge in [0.2, 0.25) is 0 Å². The lowest BCUT2D eigenvalue weighted by Gasteiger charge is -2.43. The average Bonchev–Trinajstić information content (AvgIpc) is 2.80. The zero-order valence-electron chi connectivity index (χ0n) is 10.2. The van der Waals surface area contributed by atoms with E-state index in [0.29, 0.717) is 0 Å². The van der Waals surface area contributed by atoms with Crippen molar-refractivity contribution in [2.45, 2.75) is 18.4 Å². The average molecular weight is 232 g/mol. The maximum Gasteiger partial charge on any atom is 0.0700 e. The molecular formula is C14H20N2O. The molecule has 0 radical (unpaired) electrons. The summed E-state index contributed by atoms with van der Waals surface area (Å²) in [4.78, 5) is 2.47. The molecule has 1 aliphatic heterocycles. The lowest BCUT2D eigenvalue weighted by Crippen LogP contribution is -2.55. The molecule has 0 aromatic heterocycles. The van der Waals surface area contributed by atoms with Crippen LogP contribution in [0.2, 0.25) is 0 Å². The second-order valence-corrected chi connectivity index (χ2v) is 5.08. The summed E-state index contributed by atoms with van der Waals surface area (Å²) in [7, 11) is 0. The summed E-state index contributed by atoms with van der Waals surface area (Å²) < 4.78 is 0. The predicted octanol–water partition coefficient (Wildman–Crippen LogP) is 0.726. The van der Waals surface area contributed by atoms with Crippen LogP contribution in [0.5, 0.6) is 0 Å². The van der Waals surface area contributed by atoms with Gasteiger partial charge in [-0.2, -0.15) is 0 Å². The van der Waals surface area contributed by atoms with Gasteiger partial charge in [-0.25, -0.2) is 0 Å². The quantitative estimate of drug-likeness (QED) is 0.789. The minimum atomic E-state index is -0.112. The van der Waals surface area contributed by atoms with Crippen molar-refractivity contribution in [1.82, 2.24) is 10.2 Å². The topological polar surface area (TPSA) is 35.5 Å². The molecule has 92 valence electrons. The van der Waals surface area contributed by atoms with Crippen LogP contribution >= 0.6 is 0 Å². The number of rotatable bonds is 2. The zero-order valence-corrected chi connectivity index (χ0v) is 10.2. The van der Waals surface area contributed by atoms with Gasteiger partial charge in [0, 0.05) is 26.2 Å². The minimum Gasteiger partial charge on any atom is -0.394 e. The fourth-order valence-electron chi connectivity index (χ4n) is 3.35. The second kappa shape index (κ2) is 4.41. The molecule has 0 spiro atoms. The van der Waals surface area contributed by atoms with Gasteiger partial charge in [-0.15, -0.1) is 0 Å². The maximum absolute atomic E-state index is 9.95. The highest BCUT2D eigenvalue weighted by Crippen LogP contribution is 2.41. The fourth-order valence-corrected chi connectivity index (χ4v) is 3.35. The Morgan fingerprint density at radius 2 is 2.00 bits per heavy atom. The number of benzene rings is 1. The first-order chi connectivity index (χ1) is 8.37.